The minimum absolute atomic E-state index is 0.130. The molecule has 0 bridgehead atoms. The van der Waals surface area contributed by atoms with Crippen LogP contribution in [0.2, 0.25) is 5.02 Å². The summed E-state index contributed by atoms with van der Waals surface area (Å²) < 4.78 is 1.77. The number of nitrogens with one attached hydrogen (secondary N) is 2. The number of nitriles is 1. The number of halogens is 1. The summed E-state index contributed by atoms with van der Waals surface area (Å²) in [6.07, 6.45) is 1.85. The maximum atomic E-state index is 12.4. The first-order valence-electron chi connectivity index (χ1n) is 9.19. The van der Waals surface area contributed by atoms with Crippen LogP contribution in [0.15, 0.2) is 36.5 Å². The summed E-state index contributed by atoms with van der Waals surface area (Å²) in [5, 5.41) is 25.0. The number of carbonyl (C=O) groups is 1. The van der Waals surface area contributed by atoms with Crippen LogP contribution in [0.3, 0.4) is 0 Å². The summed E-state index contributed by atoms with van der Waals surface area (Å²) in [5.74, 6) is -0.204. The third kappa shape index (κ3) is 4.31. The summed E-state index contributed by atoms with van der Waals surface area (Å²) in [5.41, 5.74) is 3.42. The molecule has 1 saturated heterocycles. The van der Waals surface area contributed by atoms with Crippen LogP contribution in [0.1, 0.15) is 40.8 Å². The van der Waals surface area contributed by atoms with Gasteiger partial charge in [0.1, 0.15) is 11.8 Å². The highest BCUT2D eigenvalue weighted by molar-refractivity contribution is 8.07. The normalized spacial score (nSPS) is 18.8. The standard InChI is InChI=1S/C20H19ClN6OS/c1-11(23-20(28)18-8-17(24-25-18)19-12(2)29-19)10-27-6-5-16(26-27)13-3-4-14(9-22)15(21)7-13/h3-8,11-12,19H,10H2,1-2H3,(H,23,28)(H,24,25)/t11-,12?,19?/m0/s1. The Bertz CT molecular complexity index is 1100. The number of aromatic amines is 1. The van der Waals surface area contributed by atoms with E-state index in [-0.39, 0.29) is 11.9 Å². The minimum atomic E-state index is -0.204. The maximum absolute atomic E-state index is 12.4. The van der Waals surface area contributed by atoms with Gasteiger partial charge in [-0.05, 0) is 31.2 Å². The van der Waals surface area contributed by atoms with Gasteiger partial charge in [0, 0.05) is 23.1 Å². The molecular weight excluding hydrogens is 408 g/mol. The fraction of sp³-hybridized carbons (Fsp3) is 0.300. The third-order valence-corrected chi connectivity index (χ3v) is 6.37. The van der Waals surface area contributed by atoms with Crippen LogP contribution in [0, 0.1) is 11.3 Å². The lowest BCUT2D eigenvalue weighted by atomic mass is 10.1. The van der Waals surface area contributed by atoms with Crippen LogP contribution in [-0.2, 0) is 6.54 Å². The van der Waals surface area contributed by atoms with Gasteiger partial charge in [0.15, 0.2) is 0 Å². The van der Waals surface area contributed by atoms with Crippen LogP contribution in [0.25, 0.3) is 11.3 Å². The van der Waals surface area contributed by atoms with E-state index in [1.165, 1.54) is 0 Å². The molecule has 2 aromatic heterocycles. The summed E-state index contributed by atoms with van der Waals surface area (Å²) in [6.45, 7) is 4.59. The molecule has 1 aliphatic rings. The van der Waals surface area contributed by atoms with Crippen LogP contribution in [-0.4, -0.2) is 37.2 Å². The molecule has 0 aliphatic carbocycles. The number of H-pyrrole nitrogens is 1. The van der Waals surface area contributed by atoms with Gasteiger partial charge in [0.2, 0.25) is 0 Å². The van der Waals surface area contributed by atoms with Crippen molar-refractivity contribution in [3.63, 3.8) is 0 Å². The van der Waals surface area contributed by atoms with Gasteiger partial charge in [-0.2, -0.15) is 15.5 Å². The summed E-state index contributed by atoms with van der Waals surface area (Å²) >= 11 is 7.95. The molecule has 3 atom stereocenters. The molecule has 3 heterocycles. The van der Waals surface area contributed by atoms with E-state index in [0.29, 0.717) is 33.3 Å². The van der Waals surface area contributed by atoms with Crippen LogP contribution in [0.5, 0.6) is 0 Å². The van der Waals surface area contributed by atoms with Crippen molar-refractivity contribution < 1.29 is 4.79 Å². The number of nitrogens with zero attached hydrogens (tertiary/aromatic N) is 4. The monoisotopic (exact) mass is 426 g/mol. The number of thioether (sulfide) groups is 1. The lowest BCUT2D eigenvalue weighted by Gasteiger charge is -2.13. The molecule has 29 heavy (non-hydrogen) atoms. The van der Waals surface area contributed by atoms with Crippen LogP contribution >= 0.6 is 23.4 Å². The fourth-order valence-corrected chi connectivity index (χ4v) is 4.13. The molecule has 1 amide bonds. The Hall–Kier alpha value is -2.76. The van der Waals surface area contributed by atoms with Gasteiger partial charge in [0.05, 0.1) is 33.8 Å². The van der Waals surface area contributed by atoms with Crippen LogP contribution < -0.4 is 5.32 Å². The predicted octanol–water partition coefficient (Wildman–Crippen LogP) is 3.79. The first kappa shape index (κ1) is 19.6. The molecule has 0 spiro atoms. The SMILES string of the molecule is CC1SC1c1cc(C(=O)N[C@@H](C)Cn2ccc(-c3ccc(C#N)c(Cl)c3)n2)n[nH]1. The number of aromatic nitrogens is 4. The highest BCUT2D eigenvalue weighted by Gasteiger charge is 2.37. The van der Waals surface area contributed by atoms with E-state index in [0.717, 1.165) is 17.0 Å². The summed E-state index contributed by atoms with van der Waals surface area (Å²) in [6, 6.07) is 10.8. The minimum Gasteiger partial charge on any atom is -0.346 e. The number of carbonyl (C=O) groups excluding carboxylic acids is 1. The van der Waals surface area contributed by atoms with Gasteiger partial charge in [-0.15, -0.1) is 11.8 Å². The Morgan fingerprint density at radius 3 is 2.93 bits per heavy atom. The van der Waals surface area contributed by atoms with E-state index < -0.39 is 0 Å². The highest BCUT2D eigenvalue weighted by atomic mass is 35.5. The van der Waals surface area contributed by atoms with Crippen LogP contribution in [0.4, 0.5) is 0 Å². The second-order valence-electron chi connectivity index (χ2n) is 7.07. The first-order valence-corrected chi connectivity index (χ1v) is 10.5. The van der Waals surface area contributed by atoms with E-state index in [1.807, 2.05) is 49.2 Å². The van der Waals surface area contributed by atoms with Crippen molar-refractivity contribution in [1.29, 1.82) is 5.26 Å². The zero-order valence-electron chi connectivity index (χ0n) is 15.9. The molecule has 2 unspecified atom stereocenters. The third-order valence-electron chi connectivity index (χ3n) is 4.71. The Balaban J connectivity index is 1.37. The molecule has 9 heteroatoms. The van der Waals surface area contributed by atoms with E-state index in [9.17, 15) is 4.79 Å². The number of hydrogen-bond acceptors (Lipinski definition) is 5. The van der Waals surface area contributed by atoms with E-state index in [4.69, 9.17) is 16.9 Å². The van der Waals surface area contributed by atoms with Crippen molar-refractivity contribution in [2.75, 3.05) is 0 Å². The molecule has 1 aliphatic heterocycles. The molecule has 7 nitrogen and oxygen atoms in total. The van der Waals surface area contributed by atoms with Crippen molar-refractivity contribution in [3.05, 3.63) is 58.5 Å². The molecule has 3 aromatic rings. The molecule has 148 valence electrons. The van der Waals surface area contributed by atoms with Crippen molar-refractivity contribution in [3.8, 4) is 17.3 Å². The second-order valence-corrected chi connectivity index (χ2v) is 9.01. The average molecular weight is 427 g/mol. The molecule has 0 saturated carbocycles. The van der Waals surface area contributed by atoms with Crippen molar-refractivity contribution in [2.45, 2.75) is 36.9 Å². The molecule has 2 N–H and O–H groups in total. The zero-order valence-corrected chi connectivity index (χ0v) is 17.5. The molecule has 1 fully saturated rings. The quantitative estimate of drug-likeness (QED) is 0.584. The van der Waals surface area contributed by atoms with E-state index >= 15 is 0 Å². The van der Waals surface area contributed by atoms with Crippen molar-refractivity contribution >= 4 is 29.3 Å². The van der Waals surface area contributed by atoms with Gasteiger partial charge in [0.25, 0.3) is 5.91 Å². The first-order chi connectivity index (χ1) is 13.9. The largest absolute Gasteiger partial charge is 0.346 e. The van der Waals surface area contributed by atoms with Crippen molar-refractivity contribution in [1.82, 2.24) is 25.3 Å². The highest BCUT2D eigenvalue weighted by Crippen LogP contribution is 2.53. The van der Waals surface area contributed by atoms with Gasteiger partial charge in [-0.25, -0.2) is 0 Å². The lowest BCUT2D eigenvalue weighted by molar-refractivity contribution is 0.0931. The lowest BCUT2D eigenvalue weighted by Crippen LogP contribution is -2.36. The summed E-state index contributed by atoms with van der Waals surface area (Å²) in [4.78, 5) is 12.4. The van der Waals surface area contributed by atoms with Crippen molar-refractivity contribution in [2.24, 2.45) is 0 Å². The number of hydrogen-bond donors (Lipinski definition) is 2. The topological polar surface area (TPSA) is 99.4 Å². The number of amides is 1. The maximum Gasteiger partial charge on any atom is 0.272 e. The Morgan fingerprint density at radius 1 is 1.45 bits per heavy atom. The smallest absolute Gasteiger partial charge is 0.272 e. The predicted molar refractivity (Wildman–Crippen MR) is 113 cm³/mol. The average Bonchev–Trinajstić information content (AvgIpc) is 3.10. The Labute approximate surface area is 177 Å². The van der Waals surface area contributed by atoms with Gasteiger partial charge < -0.3 is 5.32 Å². The zero-order chi connectivity index (χ0) is 20.5. The Kier molecular flexibility index (Phi) is 5.35. The van der Waals surface area contributed by atoms with E-state index in [1.54, 1.807) is 16.8 Å². The fourth-order valence-electron chi connectivity index (χ4n) is 3.12. The van der Waals surface area contributed by atoms with Gasteiger partial charge in [-0.1, -0.05) is 24.6 Å². The molecule has 1 aromatic carbocycles. The van der Waals surface area contributed by atoms with Gasteiger partial charge in [-0.3, -0.25) is 14.6 Å². The summed E-state index contributed by atoms with van der Waals surface area (Å²) in [7, 11) is 0. The van der Waals surface area contributed by atoms with Gasteiger partial charge >= 0.3 is 0 Å². The second kappa shape index (κ2) is 7.93. The number of benzene rings is 1. The number of rotatable bonds is 6. The molecule has 0 radical (unpaired) electrons. The molecule has 4 rings (SSSR count). The molecular formula is C20H19ClN6OS. The van der Waals surface area contributed by atoms with E-state index in [2.05, 4.69) is 27.5 Å². The Morgan fingerprint density at radius 2 is 2.24 bits per heavy atom.